The van der Waals surface area contributed by atoms with Gasteiger partial charge in [-0.25, -0.2) is 4.98 Å². The Bertz CT molecular complexity index is 1340. The lowest BCUT2D eigenvalue weighted by atomic mass is 9.85. The fourth-order valence-corrected chi connectivity index (χ4v) is 4.94. The number of nitrogens with zero attached hydrogens (tertiary/aromatic N) is 2. The van der Waals surface area contributed by atoms with Crippen molar-refractivity contribution in [1.82, 2.24) is 9.97 Å². The van der Waals surface area contributed by atoms with Crippen LogP contribution in [0.1, 0.15) is 57.5 Å². The van der Waals surface area contributed by atoms with Gasteiger partial charge in [-0.1, -0.05) is 43.5 Å². The standard InChI is InChI=1S/C23H22N2S/c1-15-10-12-19-18-8-5-9-20(22(18)26-23(19)25-15)21-13-11-17(14-24-21)16-6-3-2-4-7-16/h5,8-14,16H,2-4,6-7H2,1H3/i1D3,11D,13D,16D. The van der Waals surface area contributed by atoms with E-state index in [9.17, 15) is 0 Å². The van der Waals surface area contributed by atoms with Crippen molar-refractivity contribution in [2.75, 3.05) is 0 Å². The fraction of sp³-hybridized carbons (Fsp3) is 0.304. The molecule has 0 spiro atoms. The van der Waals surface area contributed by atoms with E-state index in [0.717, 1.165) is 40.3 Å². The molecule has 2 nitrogen and oxygen atoms in total. The average Bonchev–Trinajstić information content (AvgIpc) is 3.13. The van der Waals surface area contributed by atoms with Crippen molar-refractivity contribution < 1.29 is 8.22 Å². The highest BCUT2D eigenvalue weighted by Gasteiger charge is 2.17. The van der Waals surface area contributed by atoms with Crippen molar-refractivity contribution in [3.05, 3.63) is 59.9 Å². The lowest BCUT2D eigenvalue weighted by Crippen LogP contribution is -2.04. The van der Waals surface area contributed by atoms with Gasteiger partial charge in [0.05, 0.1) is 8.44 Å². The molecule has 1 aliphatic carbocycles. The number of rotatable bonds is 2. The topological polar surface area (TPSA) is 25.8 Å². The number of pyridine rings is 2. The van der Waals surface area contributed by atoms with Crippen molar-refractivity contribution in [3.63, 3.8) is 0 Å². The maximum absolute atomic E-state index is 8.85. The maximum Gasteiger partial charge on any atom is 0.124 e. The zero-order chi connectivity index (χ0) is 22.7. The Morgan fingerprint density at radius 1 is 1.12 bits per heavy atom. The molecule has 130 valence electrons. The molecule has 1 saturated carbocycles. The second-order valence-corrected chi connectivity index (χ2v) is 7.77. The largest absolute Gasteiger partial charge is 0.256 e. The third kappa shape index (κ3) is 2.71. The van der Waals surface area contributed by atoms with E-state index < -0.39 is 12.7 Å². The second kappa shape index (κ2) is 6.48. The number of benzene rings is 1. The Labute approximate surface area is 166 Å². The highest BCUT2D eigenvalue weighted by atomic mass is 32.1. The van der Waals surface area contributed by atoms with Crippen LogP contribution in [0.4, 0.5) is 0 Å². The van der Waals surface area contributed by atoms with Crippen molar-refractivity contribution in [3.8, 4) is 11.3 Å². The Morgan fingerprint density at radius 2 is 2.04 bits per heavy atom. The number of aromatic nitrogens is 2. The summed E-state index contributed by atoms with van der Waals surface area (Å²) in [7, 11) is 0. The van der Waals surface area contributed by atoms with Crippen LogP contribution < -0.4 is 0 Å². The van der Waals surface area contributed by atoms with Gasteiger partial charge >= 0.3 is 0 Å². The van der Waals surface area contributed by atoms with Crippen LogP contribution in [0.2, 0.25) is 0 Å². The summed E-state index contributed by atoms with van der Waals surface area (Å²) in [6.45, 7) is -2.27. The fourth-order valence-electron chi connectivity index (χ4n) is 3.75. The van der Waals surface area contributed by atoms with E-state index in [4.69, 9.17) is 8.22 Å². The molecule has 3 heteroatoms. The third-order valence-electron chi connectivity index (χ3n) is 5.10. The molecule has 0 aliphatic heterocycles. The summed E-state index contributed by atoms with van der Waals surface area (Å²) >= 11 is 1.38. The van der Waals surface area contributed by atoms with E-state index in [1.54, 1.807) is 12.3 Å². The van der Waals surface area contributed by atoms with Gasteiger partial charge in [0.25, 0.3) is 0 Å². The Kier molecular flexibility index (Phi) is 2.69. The van der Waals surface area contributed by atoms with Crippen LogP contribution >= 0.6 is 11.3 Å². The van der Waals surface area contributed by atoms with Gasteiger partial charge in [-0.2, -0.15) is 0 Å². The normalized spacial score (nSPS) is 20.8. The number of hydrogen-bond donors (Lipinski definition) is 0. The molecular weight excluding hydrogens is 336 g/mol. The minimum atomic E-state index is -2.27. The molecule has 0 N–H and O–H groups in total. The van der Waals surface area contributed by atoms with Crippen LogP contribution in [-0.2, 0) is 0 Å². The molecule has 3 heterocycles. The van der Waals surface area contributed by atoms with Gasteiger partial charge in [-0.05, 0) is 49.3 Å². The monoisotopic (exact) mass is 364 g/mol. The summed E-state index contributed by atoms with van der Waals surface area (Å²) in [5.41, 5.74) is 1.74. The van der Waals surface area contributed by atoms with Gasteiger partial charge in [0.1, 0.15) is 4.83 Å². The summed E-state index contributed by atoms with van der Waals surface area (Å²) in [5, 5.41) is 1.79. The van der Waals surface area contributed by atoms with Gasteiger partial charge in [0, 0.05) is 38.4 Å². The predicted molar refractivity (Wildman–Crippen MR) is 111 cm³/mol. The predicted octanol–water partition coefficient (Wildman–Crippen LogP) is 6.87. The highest BCUT2D eigenvalue weighted by molar-refractivity contribution is 7.26. The minimum Gasteiger partial charge on any atom is -0.256 e. The Balaban J connectivity index is 1.67. The van der Waals surface area contributed by atoms with Crippen molar-refractivity contribution in [2.45, 2.75) is 44.8 Å². The lowest BCUT2D eigenvalue weighted by molar-refractivity contribution is 0.443. The molecule has 1 fully saturated rings. The zero-order valence-electron chi connectivity index (χ0n) is 20.3. The summed E-state index contributed by atoms with van der Waals surface area (Å²) in [4.78, 5) is 9.57. The Hall–Kier alpha value is -2.26. The van der Waals surface area contributed by atoms with Crippen LogP contribution in [0, 0.1) is 6.85 Å². The van der Waals surface area contributed by atoms with Gasteiger partial charge in [-0.15, -0.1) is 11.3 Å². The van der Waals surface area contributed by atoms with Crippen molar-refractivity contribution >= 4 is 31.6 Å². The van der Waals surface area contributed by atoms with Gasteiger partial charge in [0.2, 0.25) is 0 Å². The van der Waals surface area contributed by atoms with Crippen molar-refractivity contribution in [1.29, 1.82) is 0 Å². The molecule has 0 atom stereocenters. The molecule has 1 aromatic carbocycles. The average molecular weight is 365 g/mol. The molecule has 0 amide bonds. The second-order valence-electron chi connectivity index (χ2n) is 6.77. The van der Waals surface area contributed by atoms with Crippen LogP contribution in [0.15, 0.2) is 48.6 Å². The van der Waals surface area contributed by atoms with Crippen molar-refractivity contribution in [2.24, 2.45) is 0 Å². The lowest BCUT2D eigenvalue weighted by Gasteiger charge is -2.21. The van der Waals surface area contributed by atoms with E-state index in [2.05, 4.69) is 9.97 Å². The highest BCUT2D eigenvalue weighted by Crippen LogP contribution is 2.39. The minimum absolute atomic E-state index is 0.0285. The van der Waals surface area contributed by atoms with E-state index in [1.807, 2.05) is 18.2 Å². The number of fused-ring (bicyclic) bond motifs is 3. The van der Waals surface area contributed by atoms with E-state index in [-0.39, 0.29) is 17.8 Å². The molecule has 0 unspecified atom stereocenters. The first kappa shape index (κ1) is 10.8. The first-order valence-corrected chi connectivity index (χ1v) is 9.80. The van der Waals surface area contributed by atoms with E-state index >= 15 is 0 Å². The molecule has 0 saturated heterocycles. The SMILES string of the molecule is [2H]c1c(C2([2H])CCCCC2)cnc(-c2cccc3c2sc2nc(C([2H])([2H])[2H])ccc23)c1[2H]. The van der Waals surface area contributed by atoms with E-state index in [0.29, 0.717) is 28.9 Å². The molecular formula is C23H22N2S. The Morgan fingerprint density at radius 3 is 2.92 bits per heavy atom. The maximum atomic E-state index is 8.85. The molecule has 1 aliphatic rings. The first-order valence-electron chi connectivity index (χ1n) is 12.0. The van der Waals surface area contributed by atoms with Gasteiger partial charge in [-0.3, -0.25) is 4.98 Å². The number of aryl methyl sites for hydroxylation is 1. The number of thiophene rings is 1. The number of hydrogen-bond acceptors (Lipinski definition) is 3. The van der Waals surface area contributed by atoms with Gasteiger partial charge < -0.3 is 0 Å². The van der Waals surface area contributed by atoms with E-state index in [1.165, 1.54) is 17.4 Å². The van der Waals surface area contributed by atoms with Gasteiger partial charge in [0.15, 0.2) is 0 Å². The molecule has 26 heavy (non-hydrogen) atoms. The first-order chi connectivity index (χ1) is 15.2. The van der Waals surface area contributed by atoms with Crippen LogP contribution in [-0.4, -0.2) is 9.97 Å². The molecule has 0 radical (unpaired) electrons. The quantitative estimate of drug-likeness (QED) is 0.388. The third-order valence-corrected chi connectivity index (χ3v) is 6.24. The molecule has 4 aromatic rings. The summed E-state index contributed by atoms with van der Waals surface area (Å²) in [6, 6.07) is 9.14. The smallest absolute Gasteiger partial charge is 0.124 e. The molecule has 5 rings (SSSR count). The summed E-state index contributed by atoms with van der Waals surface area (Å²) in [6.07, 6.45) is 6.05. The molecule has 0 bridgehead atoms. The van der Waals surface area contributed by atoms with Crippen LogP contribution in [0.3, 0.4) is 0 Å². The summed E-state index contributed by atoms with van der Waals surface area (Å²) in [5.74, 6) is -0.837. The van der Waals surface area contributed by atoms with Crippen LogP contribution in [0.25, 0.3) is 31.6 Å². The van der Waals surface area contributed by atoms with Crippen LogP contribution in [0.5, 0.6) is 0 Å². The zero-order valence-corrected chi connectivity index (χ0v) is 15.1. The molecule has 3 aromatic heterocycles. The summed E-state index contributed by atoms with van der Waals surface area (Å²) < 4.78 is 50.0.